The molecule has 3 heteroatoms. The first-order valence-electron chi connectivity index (χ1n) is 2.36. The number of nitrogens with two attached hydrogens (primary N) is 1. The Morgan fingerprint density at radius 1 is 1.38 bits per heavy atom. The summed E-state index contributed by atoms with van der Waals surface area (Å²) in [5.74, 6) is 5.11. The van der Waals surface area contributed by atoms with Gasteiger partial charge in [-0.1, -0.05) is 0 Å². The van der Waals surface area contributed by atoms with Gasteiger partial charge in [0.2, 0.25) is 0 Å². The lowest BCUT2D eigenvalue weighted by molar-refractivity contribution is -0.114. The quantitative estimate of drug-likeness (QED) is 0.360. The molecule has 0 aromatic carbocycles. The van der Waals surface area contributed by atoms with Gasteiger partial charge in [0.1, 0.15) is 5.78 Å². The normalized spacial score (nSPS) is 7.75. The van der Waals surface area contributed by atoms with E-state index in [-0.39, 0.29) is 5.78 Å². The summed E-state index contributed by atoms with van der Waals surface area (Å²) in [6, 6.07) is 0. The Balaban J connectivity index is 0. The molecule has 0 amide bonds. The standard InChI is InChI=1S/C3H6O.C2H8N2/c1-3(2)4;1-4(2)3/h1-2H3;3H2,1-2H3. The molecule has 0 saturated heterocycles. The third-order valence-electron chi connectivity index (χ3n) is 0. The number of Topliss-reactive ketones (excluding diaryl/α,β-unsaturated/α-hetero) is 1. The monoisotopic (exact) mass is 118 g/mol. The second kappa shape index (κ2) is 6.59. The summed E-state index contributed by atoms with van der Waals surface area (Å²) < 4.78 is 0. The smallest absolute Gasteiger partial charge is 0.126 e. The molecule has 50 valence electrons. The lowest BCUT2D eigenvalue weighted by Gasteiger charge is -1.91. The summed E-state index contributed by atoms with van der Waals surface area (Å²) in [5, 5.41) is 1.50. The van der Waals surface area contributed by atoms with Crippen molar-refractivity contribution in [3.63, 3.8) is 0 Å². The van der Waals surface area contributed by atoms with Gasteiger partial charge in [-0.25, -0.2) is 0 Å². The zero-order valence-corrected chi connectivity index (χ0v) is 5.93. The van der Waals surface area contributed by atoms with E-state index in [1.165, 1.54) is 18.9 Å². The van der Waals surface area contributed by atoms with Crippen LogP contribution in [0.1, 0.15) is 13.8 Å². The average Bonchev–Trinajstić information content (AvgIpc) is 1.25. The van der Waals surface area contributed by atoms with Gasteiger partial charge in [-0.2, -0.15) is 0 Å². The van der Waals surface area contributed by atoms with Gasteiger partial charge in [0.15, 0.2) is 0 Å². The van der Waals surface area contributed by atoms with Gasteiger partial charge in [0, 0.05) is 14.1 Å². The Morgan fingerprint density at radius 2 is 1.38 bits per heavy atom. The van der Waals surface area contributed by atoms with Gasteiger partial charge in [-0.05, 0) is 13.8 Å². The van der Waals surface area contributed by atoms with Crippen LogP contribution in [0.25, 0.3) is 0 Å². The molecule has 0 heterocycles. The maximum absolute atomic E-state index is 9.44. The number of ketones is 1. The summed E-state index contributed by atoms with van der Waals surface area (Å²) in [7, 11) is 3.56. The number of hydrazine groups is 1. The van der Waals surface area contributed by atoms with Crippen molar-refractivity contribution in [1.82, 2.24) is 5.01 Å². The average molecular weight is 118 g/mol. The van der Waals surface area contributed by atoms with Gasteiger partial charge in [0.25, 0.3) is 0 Å². The van der Waals surface area contributed by atoms with Crippen LogP contribution in [-0.4, -0.2) is 24.9 Å². The Hall–Kier alpha value is -0.410. The first-order chi connectivity index (χ1) is 3.46. The van der Waals surface area contributed by atoms with Crippen molar-refractivity contribution in [3.8, 4) is 0 Å². The summed E-state index contributed by atoms with van der Waals surface area (Å²) >= 11 is 0. The fraction of sp³-hybridized carbons (Fsp3) is 0.800. The molecule has 0 aromatic heterocycles. The van der Waals surface area contributed by atoms with Crippen molar-refractivity contribution >= 4 is 5.78 Å². The van der Waals surface area contributed by atoms with E-state index in [9.17, 15) is 4.79 Å². The van der Waals surface area contributed by atoms with E-state index < -0.39 is 0 Å². The molecular weight excluding hydrogens is 104 g/mol. The molecule has 0 atom stereocenters. The summed E-state index contributed by atoms with van der Waals surface area (Å²) in [6.07, 6.45) is 0. The highest BCUT2D eigenvalue weighted by Gasteiger charge is 1.62. The topological polar surface area (TPSA) is 46.3 Å². The number of carbonyl (C=O) groups excluding carboxylic acids is 1. The van der Waals surface area contributed by atoms with Crippen LogP contribution < -0.4 is 5.84 Å². The predicted molar refractivity (Wildman–Crippen MR) is 34.2 cm³/mol. The van der Waals surface area contributed by atoms with E-state index >= 15 is 0 Å². The second-order valence-corrected chi connectivity index (χ2v) is 1.87. The molecule has 0 rings (SSSR count). The van der Waals surface area contributed by atoms with E-state index in [1.54, 1.807) is 14.1 Å². The van der Waals surface area contributed by atoms with Gasteiger partial charge in [-0.3, -0.25) is 10.9 Å². The molecule has 0 bridgehead atoms. The van der Waals surface area contributed by atoms with Gasteiger partial charge >= 0.3 is 0 Å². The molecule has 8 heavy (non-hydrogen) atoms. The third-order valence-corrected chi connectivity index (χ3v) is 0. The lowest BCUT2D eigenvalue weighted by atomic mass is 10.6. The molecule has 3 nitrogen and oxygen atoms in total. The van der Waals surface area contributed by atoms with Crippen LogP contribution in [0.3, 0.4) is 0 Å². The van der Waals surface area contributed by atoms with Crippen molar-refractivity contribution in [2.75, 3.05) is 14.1 Å². The van der Waals surface area contributed by atoms with E-state index in [0.717, 1.165) is 0 Å². The van der Waals surface area contributed by atoms with Crippen LogP contribution in [0.4, 0.5) is 0 Å². The minimum atomic E-state index is 0.167. The predicted octanol–water partition coefficient (Wildman–Crippen LogP) is 0.0170. The van der Waals surface area contributed by atoms with Crippen LogP contribution in [0.15, 0.2) is 0 Å². The third kappa shape index (κ3) is 701. The molecule has 0 aliphatic carbocycles. The number of hydrogen-bond donors (Lipinski definition) is 1. The molecule has 0 aromatic rings. The maximum atomic E-state index is 9.44. The Labute approximate surface area is 50.4 Å². The van der Waals surface area contributed by atoms with E-state index in [2.05, 4.69) is 0 Å². The molecule has 0 spiro atoms. The van der Waals surface area contributed by atoms with E-state index in [1.807, 2.05) is 0 Å². The minimum Gasteiger partial charge on any atom is -0.300 e. The maximum Gasteiger partial charge on any atom is 0.126 e. The van der Waals surface area contributed by atoms with Crippen molar-refractivity contribution in [3.05, 3.63) is 0 Å². The first-order valence-corrected chi connectivity index (χ1v) is 2.36. The number of rotatable bonds is 0. The summed E-state index contributed by atoms with van der Waals surface area (Å²) in [5.41, 5.74) is 0. The highest BCUT2D eigenvalue weighted by atomic mass is 16.1. The molecule has 0 radical (unpaired) electrons. The Bertz CT molecular complexity index is 54.7. The fourth-order valence-electron chi connectivity index (χ4n) is 0. The number of nitrogens with zero attached hydrogens (tertiary/aromatic N) is 1. The summed E-state index contributed by atoms with van der Waals surface area (Å²) in [4.78, 5) is 9.44. The molecular formula is C5H14N2O. The zero-order chi connectivity index (χ0) is 7.15. The van der Waals surface area contributed by atoms with Gasteiger partial charge in [-0.15, -0.1) is 0 Å². The van der Waals surface area contributed by atoms with Crippen LogP contribution >= 0.6 is 0 Å². The van der Waals surface area contributed by atoms with Crippen molar-refractivity contribution in [2.45, 2.75) is 13.8 Å². The molecule has 2 N–H and O–H groups in total. The minimum absolute atomic E-state index is 0.167. The van der Waals surface area contributed by atoms with Gasteiger partial charge in [0.05, 0.1) is 0 Å². The Kier molecular flexibility index (Phi) is 8.69. The molecule has 0 saturated carbocycles. The largest absolute Gasteiger partial charge is 0.300 e. The first kappa shape index (κ1) is 10.5. The van der Waals surface area contributed by atoms with Crippen molar-refractivity contribution in [2.24, 2.45) is 5.84 Å². The van der Waals surface area contributed by atoms with Crippen LogP contribution in [0.5, 0.6) is 0 Å². The second-order valence-electron chi connectivity index (χ2n) is 1.87. The molecule has 0 unspecified atom stereocenters. The van der Waals surface area contributed by atoms with Crippen LogP contribution in [-0.2, 0) is 4.79 Å². The van der Waals surface area contributed by atoms with E-state index in [4.69, 9.17) is 5.84 Å². The molecule has 0 aliphatic heterocycles. The van der Waals surface area contributed by atoms with Crippen molar-refractivity contribution in [1.29, 1.82) is 0 Å². The summed E-state index contributed by atoms with van der Waals surface area (Å²) in [6.45, 7) is 3.06. The highest BCUT2D eigenvalue weighted by molar-refractivity contribution is 5.72. The van der Waals surface area contributed by atoms with Crippen LogP contribution in [0, 0.1) is 0 Å². The fourth-order valence-corrected chi connectivity index (χ4v) is 0. The molecule has 0 fully saturated rings. The zero-order valence-electron chi connectivity index (χ0n) is 5.93. The highest BCUT2D eigenvalue weighted by Crippen LogP contribution is 1.50. The lowest BCUT2D eigenvalue weighted by Crippen LogP contribution is -2.18. The van der Waals surface area contributed by atoms with E-state index in [0.29, 0.717) is 0 Å². The molecule has 0 aliphatic rings. The number of hydrogen-bond acceptors (Lipinski definition) is 3. The van der Waals surface area contributed by atoms with Crippen molar-refractivity contribution < 1.29 is 4.79 Å². The SMILES string of the molecule is CC(C)=O.CN(C)N. The van der Waals surface area contributed by atoms with Gasteiger partial charge < -0.3 is 4.79 Å². The van der Waals surface area contributed by atoms with Crippen LogP contribution in [0.2, 0.25) is 0 Å². The number of carbonyl (C=O) groups is 1. The Morgan fingerprint density at radius 3 is 1.38 bits per heavy atom.